The zero-order valence-electron chi connectivity index (χ0n) is 11.0. The zero-order chi connectivity index (χ0) is 14.9. The summed E-state index contributed by atoms with van der Waals surface area (Å²) in [5, 5.41) is 0. The number of nitrogens with two attached hydrogens (primary N) is 1. The first-order valence-corrected chi connectivity index (χ1v) is 5.88. The minimum Gasteiger partial charge on any atom is -0.497 e. The molecule has 2 aromatic rings. The summed E-state index contributed by atoms with van der Waals surface area (Å²) in [7, 11) is 1.29. The maximum Gasteiger partial charge on any atom is 0.198 e. The fourth-order valence-corrected chi connectivity index (χ4v) is 1.85. The molecule has 0 unspecified atom stereocenters. The largest absolute Gasteiger partial charge is 0.497 e. The summed E-state index contributed by atoms with van der Waals surface area (Å²) in [4.78, 5) is 12.2. The summed E-state index contributed by atoms with van der Waals surface area (Å²) in [5.41, 5.74) is 6.41. The van der Waals surface area contributed by atoms with E-state index in [9.17, 15) is 13.6 Å². The molecule has 2 N–H and O–H groups in total. The summed E-state index contributed by atoms with van der Waals surface area (Å²) in [6.07, 6.45) is 0. The average molecular weight is 277 g/mol. The molecule has 0 saturated carbocycles. The van der Waals surface area contributed by atoms with Crippen molar-refractivity contribution in [1.82, 2.24) is 0 Å². The van der Waals surface area contributed by atoms with E-state index in [1.165, 1.54) is 25.3 Å². The van der Waals surface area contributed by atoms with Gasteiger partial charge in [0.15, 0.2) is 5.78 Å². The minimum absolute atomic E-state index is 0.0186. The highest BCUT2D eigenvalue weighted by Gasteiger charge is 2.20. The second-order valence-electron chi connectivity index (χ2n) is 4.37. The number of carbonyl (C=O) groups excluding carboxylic acids is 1. The Hall–Kier alpha value is -2.43. The molecule has 3 nitrogen and oxygen atoms in total. The zero-order valence-corrected chi connectivity index (χ0v) is 11.0. The molecule has 0 amide bonds. The Kier molecular flexibility index (Phi) is 3.70. The molecule has 0 heterocycles. The van der Waals surface area contributed by atoms with Crippen molar-refractivity contribution in [1.29, 1.82) is 0 Å². The van der Waals surface area contributed by atoms with Crippen molar-refractivity contribution in [3.8, 4) is 5.75 Å². The Morgan fingerprint density at radius 1 is 1.15 bits per heavy atom. The molecule has 0 saturated heterocycles. The van der Waals surface area contributed by atoms with Gasteiger partial charge in [-0.15, -0.1) is 0 Å². The van der Waals surface area contributed by atoms with Crippen molar-refractivity contribution in [3.63, 3.8) is 0 Å². The lowest BCUT2D eigenvalue weighted by Gasteiger charge is -2.08. The van der Waals surface area contributed by atoms with Crippen LogP contribution in [-0.2, 0) is 0 Å². The molecule has 0 spiro atoms. The fraction of sp³-hybridized carbons (Fsp3) is 0.133. The van der Waals surface area contributed by atoms with E-state index < -0.39 is 23.0 Å². The van der Waals surface area contributed by atoms with Crippen molar-refractivity contribution < 1.29 is 18.3 Å². The van der Waals surface area contributed by atoms with Crippen LogP contribution in [0, 0.1) is 18.6 Å². The minimum atomic E-state index is -0.957. The SMILES string of the molecule is COc1cc(F)c(C(=O)c2ccc(N)c(C)c2)c(F)c1. The van der Waals surface area contributed by atoms with Crippen molar-refractivity contribution in [2.75, 3.05) is 12.8 Å². The maximum atomic E-state index is 13.8. The lowest BCUT2D eigenvalue weighted by molar-refractivity contribution is 0.103. The molecule has 104 valence electrons. The lowest BCUT2D eigenvalue weighted by atomic mass is 10.00. The van der Waals surface area contributed by atoms with Gasteiger partial charge in [-0.2, -0.15) is 0 Å². The van der Waals surface area contributed by atoms with Crippen LogP contribution in [0.2, 0.25) is 0 Å². The summed E-state index contributed by atoms with van der Waals surface area (Å²) in [6.45, 7) is 1.72. The van der Waals surface area contributed by atoms with E-state index in [4.69, 9.17) is 10.5 Å². The molecule has 0 bridgehead atoms. The first kappa shape index (κ1) is 14.0. The standard InChI is InChI=1S/C15H13F2NO2/c1-8-5-9(3-4-13(8)18)15(19)14-11(16)6-10(20-2)7-12(14)17/h3-7H,18H2,1-2H3. The van der Waals surface area contributed by atoms with Crippen molar-refractivity contribution in [2.24, 2.45) is 0 Å². The lowest BCUT2D eigenvalue weighted by Crippen LogP contribution is -2.08. The third kappa shape index (κ3) is 2.47. The predicted octanol–water partition coefficient (Wildman–Crippen LogP) is 3.10. The molecule has 0 radical (unpaired) electrons. The highest BCUT2D eigenvalue weighted by atomic mass is 19.1. The van der Waals surface area contributed by atoms with Gasteiger partial charge in [-0.1, -0.05) is 0 Å². The van der Waals surface area contributed by atoms with E-state index in [0.29, 0.717) is 11.3 Å². The van der Waals surface area contributed by atoms with Gasteiger partial charge in [0.25, 0.3) is 0 Å². The summed E-state index contributed by atoms with van der Waals surface area (Å²) in [5.74, 6) is -2.63. The normalized spacial score (nSPS) is 10.4. The number of halogens is 2. The smallest absolute Gasteiger partial charge is 0.198 e. The number of rotatable bonds is 3. The van der Waals surface area contributed by atoms with Gasteiger partial charge in [-0.25, -0.2) is 8.78 Å². The fourth-order valence-electron chi connectivity index (χ4n) is 1.85. The predicted molar refractivity (Wildman–Crippen MR) is 71.9 cm³/mol. The van der Waals surface area contributed by atoms with Gasteiger partial charge in [0.2, 0.25) is 0 Å². The number of nitrogen functional groups attached to an aromatic ring is 1. The third-order valence-electron chi connectivity index (χ3n) is 3.01. The topological polar surface area (TPSA) is 52.3 Å². The monoisotopic (exact) mass is 277 g/mol. The molecule has 0 aliphatic carbocycles. The molecule has 0 fully saturated rings. The number of ether oxygens (including phenoxy) is 1. The van der Waals surface area contributed by atoms with E-state index in [0.717, 1.165) is 12.1 Å². The van der Waals surface area contributed by atoms with Crippen molar-refractivity contribution >= 4 is 11.5 Å². The van der Waals surface area contributed by atoms with E-state index in [1.54, 1.807) is 6.92 Å². The van der Waals surface area contributed by atoms with Crippen LogP contribution < -0.4 is 10.5 Å². The Bertz CT molecular complexity index is 661. The second-order valence-corrected chi connectivity index (χ2v) is 4.37. The quantitative estimate of drug-likeness (QED) is 0.693. The number of hydrogen-bond donors (Lipinski definition) is 1. The molecule has 0 aliphatic heterocycles. The van der Waals surface area contributed by atoms with Gasteiger partial charge in [0, 0.05) is 23.4 Å². The van der Waals surface area contributed by atoms with E-state index in [-0.39, 0.29) is 11.3 Å². The van der Waals surface area contributed by atoms with Crippen LogP contribution in [0.15, 0.2) is 30.3 Å². The highest BCUT2D eigenvalue weighted by molar-refractivity contribution is 6.09. The van der Waals surface area contributed by atoms with Crippen LogP contribution in [0.25, 0.3) is 0 Å². The van der Waals surface area contributed by atoms with Crippen LogP contribution in [0.4, 0.5) is 14.5 Å². The summed E-state index contributed by atoms with van der Waals surface area (Å²) < 4.78 is 32.4. The van der Waals surface area contributed by atoms with E-state index in [1.807, 2.05) is 0 Å². The number of benzene rings is 2. The molecule has 0 aliphatic rings. The molecule has 2 aromatic carbocycles. The molecule has 5 heteroatoms. The Morgan fingerprint density at radius 3 is 2.25 bits per heavy atom. The van der Waals surface area contributed by atoms with Crippen LogP contribution in [-0.4, -0.2) is 12.9 Å². The Morgan fingerprint density at radius 2 is 1.75 bits per heavy atom. The molecular formula is C15H13F2NO2. The number of anilines is 1. The number of hydrogen-bond acceptors (Lipinski definition) is 3. The highest BCUT2D eigenvalue weighted by Crippen LogP contribution is 2.24. The third-order valence-corrected chi connectivity index (χ3v) is 3.01. The number of carbonyl (C=O) groups is 1. The number of methoxy groups -OCH3 is 1. The summed E-state index contributed by atoms with van der Waals surface area (Å²) >= 11 is 0. The average Bonchev–Trinajstić information content (AvgIpc) is 2.40. The maximum absolute atomic E-state index is 13.8. The van der Waals surface area contributed by atoms with Gasteiger partial charge in [0.1, 0.15) is 17.4 Å². The van der Waals surface area contributed by atoms with Crippen molar-refractivity contribution in [2.45, 2.75) is 6.92 Å². The Labute approximate surface area is 115 Å². The molecule has 2 rings (SSSR count). The van der Waals surface area contributed by atoms with Crippen LogP contribution in [0.5, 0.6) is 5.75 Å². The van der Waals surface area contributed by atoms with Crippen LogP contribution >= 0.6 is 0 Å². The first-order valence-electron chi connectivity index (χ1n) is 5.88. The summed E-state index contributed by atoms with van der Waals surface area (Å²) in [6, 6.07) is 6.41. The number of aryl methyl sites for hydroxylation is 1. The molecule has 0 atom stereocenters. The van der Waals surface area contributed by atoms with Crippen LogP contribution in [0.1, 0.15) is 21.5 Å². The van der Waals surface area contributed by atoms with E-state index in [2.05, 4.69) is 0 Å². The first-order chi connectivity index (χ1) is 9.43. The van der Waals surface area contributed by atoms with Gasteiger partial charge >= 0.3 is 0 Å². The second kappa shape index (κ2) is 5.28. The van der Waals surface area contributed by atoms with Crippen molar-refractivity contribution in [3.05, 3.63) is 58.7 Å². The van der Waals surface area contributed by atoms with Crippen LogP contribution in [0.3, 0.4) is 0 Å². The van der Waals surface area contributed by atoms with Gasteiger partial charge in [-0.05, 0) is 30.7 Å². The van der Waals surface area contributed by atoms with Gasteiger partial charge in [-0.3, -0.25) is 4.79 Å². The molecule has 20 heavy (non-hydrogen) atoms. The molecular weight excluding hydrogens is 264 g/mol. The molecule has 0 aromatic heterocycles. The van der Waals surface area contributed by atoms with E-state index >= 15 is 0 Å². The van der Waals surface area contributed by atoms with Gasteiger partial charge < -0.3 is 10.5 Å². The Balaban J connectivity index is 2.50. The van der Waals surface area contributed by atoms with Gasteiger partial charge in [0.05, 0.1) is 12.7 Å². The number of ketones is 1.